The highest BCUT2D eigenvalue weighted by atomic mass is 35.5. The van der Waals surface area contributed by atoms with Gasteiger partial charge in [0.05, 0.1) is 18.4 Å². The molecule has 2 aromatic rings. The third-order valence-corrected chi connectivity index (χ3v) is 4.79. The second-order valence-electron chi connectivity index (χ2n) is 6.35. The average Bonchev–Trinajstić information content (AvgIpc) is 3.25. The van der Waals surface area contributed by atoms with Crippen molar-refractivity contribution < 1.29 is 13.7 Å². The first-order valence-corrected chi connectivity index (χ1v) is 8.65. The van der Waals surface area contributed by atoms with Crippen molar-refractivity contribution in [3.05, 3.63) is 34.8 Å². The summed E-state index contributed by atoms with van der Waals surface area (Å²) in [5.41, 5.74) is 0.428. The molecule has 8 heteroatoms. The minimum atomic E-state index is -0.0776. The number of hydrogen-bond donors (Lipinski definition) is 0. The molecule has 1 amide bonds. The summed E-state index contributed by atoms with van der Waals surface area (Å²) >= 11 is 5.91. The van der Waals surface area contributed by atoms with Gasteiger partial charge in [0.2, 0.25) is 11.1 Å². The predicted octanol–water partition coefficient (Wildman–Crippen LogP) is 2.54. The lowest BCUT2D eigenvalue weighted by Gasteiger charge is -2.20. The standard InChI is InChI=1S/C16H19ClN4O3/c17-14-12(4-9-23-14)16(22)21-6-1-5-20(7-8-21)10-13-18-15(24-19-13)11-2-3-11/h4,9,11H,1-3,5-8,10H2. The molecular formula is C16H19ClN4O3. The molecule has 0 atom stereocenters. The molecule has 1 aliphatic heterocycles. The van der Waals surface area contributed by atoms with E-state index < -0.39 is 0 Å². The Hall–Kier alpha value is -1.86. The Balaban J connectivity index is 1.35. The summed E-state index contributed by atoms with van der Waals surface area (Å²) in [6.45, 7) is 3.68. The van der Waals surface area contributed by atoms with E-state index in [-0.39, 0.29) is 11.1 Å². The first-order chi connectivity index (χ1) is 11.7. The van der Waals surface area contributed by atoms with Crippen molar-refractivity contribution in [2.75, 3.05) is 26.2 Å². The fraction of sp³-hybridized carbons (Fsp3) is 0.562. The molecule has 0 bridgehead atoms. The van der Waals surface area contributed by atoms with Crippen molar-refractivity contribution in [1.29, 1.82) is 0 Å². The highest BCUT2D eigenvalue weighted by Gasteiger charge is 2.30. The zero-order valence-corrected chi connectivity index (χ0v) is 14.0. The van der Waals surface area contributed by atoms with Crippen LogP contribution in [0.4, 0.5) is 0 Å². The molecule has 4 rings (SSSR count). The number of halogens is 1. The third kappa shape index (κ3) is 3.32. The number of aromatic nitrogens is 2. The highest BCUT2D eigenvalue weighted by Crippen LogP contribution is 2.38. The number of carbonyl (C=O) groups excluding carboxylic acids is 1. The smallest absolute Gasteiger partial charge is 0.258 e. The second-order valence-corrected chi connectivity index (χ2v) is 6.70. The van der Waals surface area contributed by atoms with Gasteiger partial charge >= 0.3 is 0 Å². The van der Waals surface area contributed by atoms with Gasteiger partial charge in [-0.15, -0.1) is 0 Å². The molecule has 0 radical (unpaired) electrons. The van der Waals surface area contributed by atoms with Gasteiger partial charge in [0.25, 0.3) is 5.91 Å². The first kappa shape index (κ1) is 15.7. The van der Waals surface area contributed by atoms with Gasteiger partial charge in [-0.3, -0.25) is 9.69 Å². The fourth-order valence-electron chi connectivity index (χ4n) is 2.98. The van der Waals surface area contributed by atoms with E-state index in [1.807, 2.05) is 4.90 Å². The zero-order valence-electron chi connectivity index (χ0n) is 13.3. The minimum Gasteiger partial charge on any atom is -0.452 e. The SMILES string of the molecule is O=C(c1ccoc1Cl)N1CCCN(Cc2noc(C3CC3)n2)CC1. The van der Waals surface area contributed by atoms with E-state index in [1.165, 1.54) is 6.26 Å². The Morgan fingerprint density at radius 2 is 2.17 bits per heavy atom. The van der Waals surface area contributed by atoms with Crippen LogP contribution in [0.1, 0.15) is 47.3 Å². The molecule has 24 heavy (non-hydrogen) atoms. The van der Waals surface area contributed by atoms with Gasteiger partial charge in [0, 0.05) is 32.1 Å². The topological polar surface area (TPSA) is 75.6 Å². The summed E-state index contributed by atoms with van der Waals surface area (Å²) in [5, 5.41) is 4.22. The van der Waals surface area contributed by atoms with E-state index in [0.29, 0.717) is 31.1 Å². The van der Waals surface area contributed by atoms with Gasteiger partial charge in [0.15, 0.2) is 5.82 Å². The maximum atomic E-state index is 12.5. The normalized spacial score (nSPS) is 19.5. The monoisotopic (exact) mass is 350 g/mol. The van der Waals surface area contributed by atoms with Crippen molar-refractivity contribution >= 4 is 17.5 Å². The molecule has 128 valence electrons. The lowest BCUT2D eigenvalue weighted by atomic mass is 10.3. The van der Waals surface area contributed by atoms with Crippen molar-refractivity contribution in [3.8, 4) is 0 Å². The van der Waals surface area contributed by atoms with Crippen LogP contribution in [-0.4, -0.2) is 52.0 Å². The fourth-order valence-corrected chi connectivity index (χ4v) is 3.17. The first-order valence-electron chi connectivity index (χ1n) is 8.28. The van der Waals surface area contributed by atoms with Crippen LogP contribution in [0, 0.1) is 0 Å². The maximum absolute atomic E-state index is 12.5. The van der Waals surface area contributed by atoms with E-state index in [9.17, 15) is 4.79 Å². The molecule has 1 saturated carbocycles. The number of carbonyl (C=O) groups is 1. The number of hydrogen-bond acceptors (Lipinski definition) is 6. The predicted molar refractivity (Wildman–Crippen MR) is 85.8 cm³/mol. The van der Waals surface area contributed by atoms with Crippen molar-refractivity contribution in [1.82, 2.24) is 19.9 Å². The van der Waals surface area contributed by atoms with Crippen LogP contribution < -0.4 is 0 Å². The van der Waals surface area contributed by atoms with E-state index in [2.05, 4.69) is 15.0 Å². The van der Waals surface area contributed by atoms with Crippen LogP contribution in [0.5, 0.6) is 0 Å². The summed E-state index contributed by atoms with van der Waals surface area (Å²) in [6.07, 6.45) is 4.64. The third-order valence-electron chi connectivity index (χ3n) is 4.50. The van der Waals surface area contributed by atoms with Gasteiger partial charge in [-0.1, -0.05) is 5.16 Å². The Labute approximate surface area is 144 Å². The largest absolute Gasteiger partial charge is 0.452 e. The Morgan fingerprint density at radius 1 is 1.29 bits per heavy atom. The van der Waals surface area contributed by atoms with Crippen LogP contribution in [0.25, 0.3) is 0 Å². The van der Waals surface area contributed by atoms with Crippen molar-refractivity contribution in [2.24, 2.45) is 0 Å². The van der Waals surface area contributed by atoms with Crippen LogP contribution >= 0.6 is 11.6 Å². The Kier molecular flexibility index (Phi) is 4.28. The highest BCUT2D eigenvalue weighted by molar-refractivity contribution is 6.32. The molecule has 2 fully saturated rings. The number of rotatable bonds is 4. The molecule has 2 aliphatic rings. The van der Waals surface area contributed by atoms with Crippen LogP contribution in [0.3, 0.4) is 0 Å². The van der Waals surface area contributed by atoms with Gasteiger partial charge in [0.1, 0.15) is 0 Å². The number of amides is 1. The van der Waals surface area contributed by atoms with Gasteiger partial charge in [-0.25, -0.2) is 0 Å². The molecule has 0 N–H and O–H groups in total. The number of furan rings is 1. The Morgan fingerprint density at radius 3 is 2.92 bits per heavy atom. The summed E-state index contributed by atoms with van der Waals surface area (Å²) in [5.74, 6) is 1.90. The Bertz CT molecular complexity index is 724. The van der Waals surface area contributed by atoms with E-state index in [0.717, 1.165) is 44.1 Å². The van der Waals surface area contributed by atoms with Gasteiger partial charge in [-0.05, 0) is 36.9 Å². The van der Waals surface area contributed by atoms with Crippen LogP contribution in [0.2, 0.25) is 5.22 Å². The number of nitrogens with zero attached hydrogens (tertiary/aromatic N) is 4. The molecule has 3 heterocycles. The average molecular weight is 351 g/mol. The summed E-state index contributed by atoms with van der Waals surface area (Å²) < 4.78 is 10.3. The molecule has 7 nitrogen and oxygen atoms in total. The van der Waals surface area contributed by atoms with Crippen LogP contribution in [-0.2, 0) is 6.54 Å². The summed E-state index contributed by atoms with van der Waals surface area (Å²) in [7, 11) is 0. The minimum absolute atomic E-state index is 0.0776. The molecule has 2 aromatic heterocycles. The molecule has 1 aliphatic carbocycles. The molecular weight excluding hydrogens is 332 g/mol. The van der Waals surface area contributed by atoms with Gasteiger partial charge < -0.3 is 13.8 Å². The molecule has 0 unspecified atom stereocenters. The lowest BCUT2D eigenvalue weighted by molar-refractivity contribution is 0.0760. The summed E-state index contributed by atoms with van der Waals surface area (Å²) in [6, 6.07) is 1.62. The molecule has 0 spiro atoms. The maximum Gasteiger partial charge on any atom is 0.258 e. The summed E-state index contributed by atoms with van der Waals surface area (Å²) in [4.78, 5) is 21.1. The van der Waals surface area contributed by atoms with Crippen molar-refractivity contribution in [3.63, 3.8) is 0 Å². The van der Waals surface area contributed by atoms with E-state index in [1.54, 1.807) is 6.07 Å². The van der Waals surface area contributed by atoms with Gasteiger partial charge in [-0.2, -0.15) is 4.98 Å². The second kappa shape index (κ2) is 6.57. The van der Waals surface area contributed by atoms with E-state index in [4.69, 9.17) is 20.5 Å². The zero-order chi connectivity index (χ0) is 16.5. The lowest BCUT2D eigenvalue weighted by Crippen LogP contribution is -2.35. The molecule has 0 aromatic carbocycles. The molecule has 1 saturated heterocycles. The van der Waals surface area contributed by atoms with E-state index >= 15 is 0 Å². The van der Waals surface area contributed by atoms with Crippen molar-refractivity contribution in [2.45, 2.75) is 31.7 Å². The van der Waals surface area contributed by atoms with Crippen LogP contribution in [0.15, 0.2) is 21.3 Å². The quantitative estimate of drug-likeness (QED) is 0.843.